The molecule has 0 heterocycles. The van der Waals surface area contributed by atoms with Crippen LogP contribution in [0.5, 0.6) is 0 Å². The first-order valence-corrected chi connectivity index (χ1v) is 11.0. The van der Waals surface area contributed by atoms with Gasteiger partial charge in [0, 0.05) is 0 Å². The molecule has 0 bridgehead atoms. The molecule has 0 aliphatic heterocycles. The molecule has 0 aliphatic rings. The average Bonchev–Trinajstić information content (AvgIpc) is 2.34. The summed E-state index contributed by atoms with van der Waals surface area (Å²) in [5.74, 6) is 0. The van der Waals surface area contributed by atoms with E-state index in [1.54, 1.807) is 0 Å². The second-order valence-corrected chi connectivity index (χ2v) is 12.3. The number of rotatable bonds is 8. The molecule has 96 valence electrons. The van der Waals surface area contributed by atoms with E-state index in [0.717, 1.165) is 18.5 Å². The molecule has 0 radical (unpaired) electrons. The SMILES string of the molecule is CCCCCC[Si](Cl)(Cl)CCc1ccccc1. The predicted octanol–water partition coefficient (Wildman–Crippen LogP) is 5.73. The van der Waals surface area contributed by atoms with E-state index < -0.39 is 6.69 Å². The smallest absolute Gasteiger partial charge is 0.146 e. The highest BCUT2D eigenvalue weighted by Crippen LogP contribution is 2.29. The molecule has 0 spiro atoms. The zero-order chi connectivity index (χ0) is 12.6. The van der Waals surface area contributed by atoms with Gasteiger partial charge in [0.15, 0.2) is 0 Å². The number of hydrogen-bond acceptors (Lipinski definition) is 0. The molecule has 0 N–H and O–H groups in total. The van der Waals surface area contributed by atoms with Gasteiger partial charge in [-0.25, -0.2) is 0 Å². The van der Waals surface area contributed by atoms with Crippen LogP contribution < -0.4 is 0 Å². The summed E-state index contributed by atoms with van der Waals surface area (Å²) >= 11 is 12.9. The fraction of sp³-hybridized carbons (Fsp3) is 0.571. The van der Waals surface area contributed by atoms with Crippen molar-refractivity contribution in [2.45, 2.75) is 51.1 Å². The van der Waals surface area contributed by atoms with Gasteiger partial charge in [0.05, 0.1) is 0 Å². The number of unbranched alkanes of at least 4 members (excludes halogenated alkanes) is 3. The topological polar surface area (TPSA) is 0 Å². The van der Waals surface area contributed by atoms with Crippen molar-refractivity contribution < 1.29 is 0 Å². The van der Waals surface area contributed by atoms with Crippen LogP contribution in [0.4, 0.5) is 0 Å². The Kier molecular flexibility index (Phi) is 7.25. The summed E-state index contributed by atoms with van der Waals surface area (Å²) in [6.07, 6.45) is 6.06. The van der Waals surface area contributed by atoms with Gasteiger partial charge in [-0.1, -0.05) is 62.9 Å². The summed E-state index contributed by atoms with van der Waals surface area (Å²) in [5, 5.41) is 0. The molecule has 0 fully saturated rings. The minimum atomic E-state index is -1.99. The van der Waals surface area contributed by atoms with Gasteiger partial charge >= 0.3 is 0 Å². The third-order valence-corrected chi connectivity index (χ3v) is 7.35. The van der Waals surface area contributed by atoms with Gasteiger partial charge in [0.2, 0.25) is 0 Å². The Morgan fingerprint density at radius 3 is 2.29 bits per heavy atom. The molecule has 0 saturated heterocycles. The van der Waals surface area contributed by atoms with Crippen LogP contribution in [0.3, 0.4) is 0 Å². The molecule has 3 heteroatoms. The van der Waals surface area contributed by atoms with Crippen LogP contribution in [0.15, 0.2) is 30.3 Å². The molecule has 17 heavy (non-hydrogen) atoms. The Morgan fingerprint density at radius 1 is 0.941 bits per heavy atom. The summed E-state index contributed by atoms with van der Waals surface area (Å²) in [5.41, 5.74) is 1.35. The van der Waals surface area contributed by atoms with Crippen molar-refractivity contribution >= 4 is 28.9 Å². The monoisotopic (exact) mass is 288 g/mol. The predicted molar refractivity (Wildman–Crippen MR) is 81.4 cm³/mol. The molecule has 0 amide bonds. The Morgan fingerprint density at radius 2 is 1.65 bits per heavy atom. The van der Waals surface area contributed by atoms with Crippen LogP contribution in [-0.4, -0.2) is 6.69 Å². The summed E-state index contributed by atoms with van der Waals surface area (Å²) < 4.78 is 0. The van der Waals surface area contributed by atoms with Crippen LogP contribution in [0, 0.1) is 0 Å². The largest absolute Gasteiger partial charge is 0.251 e. The molecule has 0 atom stereocenters. The third-order valence-electron chi connectivity index (χ3n) is 3.02. The molecule has 1 aromatic rings. The van der Waals surface area contributed by atoms with Gasteiger partial charge in [-0.15, -0.1) is 22.2 Å². The van der Waals surface area contributed by atoms with E-state index >= 15 is 0 Å². The molecule has 1 rings (SSSR count). The van der Waals surface area contributed by atoms with Gasteiger partial charge in [0.25, 0.3) is 6.69 Å². The molecular formula is C14H22Cl2Si. The van der Waals surface area contributed by atoms with Gasteiger partial charge < -0.3 is 0 Å². The molecule has 1 aromatic carbocycles. The molecule has 0 unspecified atom stereocenters. The van der Waals surface area contributed by atoms with Crippen molar-refractivity contribution in [3.05, 3.63) is 35.9 Å². The minimum Gasteiger partial charge on any atom is -0.146 e. The summed E-state index contributed by atoms with van der Waals surface area (Å²) in [6, 6.07) is 12.5. The van der Waals surface area contributed by atoms with Crippen molar-refractivity contribution in [2.75, 3.05) is 0 Å². The van der Waals surface area contributed by atoms with Crippen molar-refractivity contribution in [3.8, 4) is 0 Å². The maximum atomic E-state index is 6.47. The second kappa shape index (κ2) is 8.18. The fourth-order valence-corrected chi connectivity index (χ4v) is 4.95. The highest BCUT2D eigenvalue weighted by atomic mass is 35.7. The third kappa shape index (κ3) is 7.12. The van der Waals surface area contributed by atoms with Crippen molar-refractivity contribution in [3.63, 3.8) is 0 Å². The summed E-state index contributed by atoms with van der Waals surface area (Å²) in [4.78, 5) is 0. The van der Waals surface area contributed by atoms with E-state index in [9.17, 15) is 0 Å². The Labute approximate surface area is 116 Å². The van der Waals surface area contributed by atoms with Crippen LogP contribution in [-0.2, 0) is 6.42 Å². The Hall–Kier alpha value is 0.0169. The van der Waals surface area contributed by atoms with E-state index in [1.807, 2.05) is 6.07 Å². The minimum absolute atomic E-state index is 0.978. The fourth-order valence-electron chi connectivity index (χ4n) is 1.91. The van der Waals surface area contributed by atoms with Gasteiger partial charge in [0.1, 0.15) is 0 Å². The van der Waals surface area contributed by atoms with E-state index in [2.05, 4.69) is 31.2 Å². The lowest BCUT2D eigenvalue weighted by atomic mass is 10.2. The van der Waals surface area contributed by atoms with E-state index in [4.69, 9.17) is 22.2 Å². The summed E-state index contributed by atoms with van der Waals surface area (Å²) in [6.45, 7) is 0.232. The highest BCUT2D eigenvalue weighted by Gasteiger charge is 2.26. The molecule has 0 nitrogen and oxygen atoms in total. The number of halogens is 2. The highest BCUT2D eigenvalue weighted by molar-refractivity contribution is 7.45. The maximum Gasteiger partial charge on any atom is 0.251 e. The van der Waals surface area contributed by atoms with Crippen LogP contribution in [0.1, 0.15) is 38.2 Å². The molecule has 0 saturated carbocycles. The Balaban J connectivity index is 2.24. The summed E-state index contributed by atoms with van der Waals surface area (Å²) in [7, 11) is 0. The van der Waals surface area contributed by atoms with Crippen molar-refractivity contribution in [1.82, 2.24) is 0 Å². The standard InChI is InChI=1S/C14H22Cl2Si/c1-2-3-4-8-12-17(15,16)13-11-14-9-6-5-7-10-14/h5-7,9-10H,2-4,8,11-13H2,1H3. The van der Waals surface area contributed by atoms with Gasteiger partial charge in [-0.2, -0.15) is 0 Å². The number of hydrogen-bond donors (Lipinski definition) is 0. The quantitative estimate of drug-likeness (QED) is 0.326. The van der Waals surface area contributed by atoms with Gasteiger partial charge in [-0.05, 0) is 24.1 Å². The lowest BCUT2D eigenvalue weighted by Gasteiger charge is -2.16. The van der Waals surface area contributed by atoms with Crippen LogP contribution in [0.25, 0.3) is 0 Å². The van der Waals surface area contributed by atoms with Gasteiger partial charge in [-0.3, -0.25) is 0 Å². The van der Waals surface area contributed by atoms with E-state index in [-0.39, 0.29) is 0 Å². The lowest BCUT2D eigenvalue weighted by Crippen LogP contribution is -2.19. The first-order valence-electron chi connectivity index (χ1n) is 6.56. The number of benzene rings is 1. The van der Waals surface area contributed by atoms with Crippen molar-refractivity contribution in [1.29, 1.82) is 0 Å². The molecule has 0 aromatic heterocycles. The van der Waals surface area contributed by atoms with Crippen LogP contribution in [0.2, 0.25) is 12.1 Å². The molecule has 0 aliphatic carbocycles. The maximum absolute atomic E-state index is 6.47. The lowest BCUT2D eigenvalue weighted by molar-refractivity contribution is 0.698. The first-order chi connectivity index (χ1) is 8.14. The zero-order valence-corrected chi connectivity index (χ0v) is 13.1. The molecular weight excluding hydrogens is 267 g/mol. The van der Waals surface area contributed by atoms with Crippen LogP contribution >= 0.6 is 22.2 Å². The normalized spacial score (nSPS) is 11.7. The second-order valence-electron chi connectivity index (χ2n) is 4.65. The van der Waals surface area contributed by atoms with Crippen molar-refractivity contribution in [2.24, 2.45) is 0 Å². The Bertz CT molecular complexity index is 298. The number of aryl methyl sites for hydroxylation is 1. The van der Waals surface area contributed by atoms with E-state index in [1.165, 1.54) is 31.2 Å². The zero-order valence-electron chi connectivity index (χ0n) is 10.6. The first kappa shape index (κ1) is 15.1. The van der Waals surface area contributed by atoms with E-state index in [0.29, 0.717) is 0 Å². The average molecular weight is 289 g/mol.